The number of ether oxygens (including phenoxy) is 2. The summed E-state index contributed by atoms with van der Waals surface area (Å²) in [6.07, 6.45) is 2.38. The molecule has 0 aromatic carbocycles. The molecule has 1 aromatic rings. The Morgan fingerprint density at radius 1 is 1.31 bits per heavy atom. The fourth-order valence-electron chi connectivity index (χ4n) is 4.11. The number of hydrogen-bond donors (Lipinski definition) is 2. The number of hydrogen-bond acceptors (Lipinski definition) is 7. The third kappa shape index (κ3) is 3.47. The van der Waals surface area contributed by atoms with Crippen molar-refractivity contribution >= 4 is 5.91 Å². The van der Waals surface area contributed by atoms with Crippen molar-refractivity contribution in [1.82, 2.24) is 20.1 Å². The summed E-state index contributed by atoms with van der Waals surface area (Å²) in [5.74, 6) is 0.0965. The minimum atomic E-state index is -0.591. The summed E-state index contributed by atoms with van der Waals surface area (Å²) in [6, 6.07) is 3.49. The van der Waals surface area contributed by atoms with E-state index < -0.39 is 12.4 Å². The van der Waals surface area contributed by atoms with E-state index in [4.69, 9.17) is 9.47 Å². The highest BCUT2D eigenvalue weighted by Gasteiger charge is 2.52. The molecule has 2 bridgehead atoms. The van der Waals surface area contributed by atoms with E-state index in [-0.39, 0.29) is 24.1 Å². The summed E-state index contributed by atoms with van der Waals surface area (Å²) in [5, 5.41) is 14.5. The number of nitrogens with one attached hydrogen (secondary N) is 1. The van der Waals surface area contributed by atoms with Gasteiger partial charge < -0.3 is 24.8 Å². The van der Waals surface area contributed by atoms with Crippen LogP contribution in [0.25, 0.3) is 0 Å². The fraction of sp³-hybridized carbons (Fsp3) is 0.667. The molecular weight excluding hydrogens is 336 g/mol. The van der Waals surface area contributed by atoms with Gasteiger partial charge in [-0.2, -0.15) is 0 Å². The molecule has 5 unspecified atom stereocenters. The van der Waals surface area contributed by atoms with Crippen LogP contribution in [-0.4, -0.2) is 89.2 Å². The molecule has 0 saturated carbocycles. The number of aliphatic hydroxyl groups is 1. The summed E-state index contributed by atoms with van der Waals surface area (Å²) in [5.41, 5.74) is 1.11. The number of amides is 1. The molecule has 4 heterocycles. The van der Waals surface area contributed by atoms with Crippen LogP contribution in [0.2, 0.25) is 0 Å². The van der Waals surface area contributed by atoms with Gasteiger partial charge in [0.2, 0.25) is 5.91 Å². The van der Waals surface area contributed by atoms with Crippen molar-refractivity contribution in [3.8, 4) is 0 Å². The quantitative estimate of drug-likeness (QED) is 0.724. The number of rotatable bonds is 4. The highest BCUT2D eigenvalue weighted by molar-refractivity contribution is 5.73. The molecule has 2 N–H and O–H groups in total. The van der Waals surface area contributed by atoms with Crippen LogP contribution in [0.15, 0.2) is 24.5 Å². The van der Waals surface area contributed by atoms with E-state index in [1.165, 1.54) is 0 Å². The number of fused-ring (bicyclic) bond motifs is 2. The standard InChI is InChI=1S/C18H26N4O4/c1-12(23)21-6-8-22(9-7-21)16-17(24)15(14-11-25-18(16)26-14)20-10-13-2-4-19-5-3-13/h2-5,14-18,20,24H,6-11H2,1H3. The Bertz CT molecular complexity index is 623. The number of aromatic nitrogens is 1. The second-order valence-corrected chi connectivity index (χ2v) is 7.16. The first-order valence-electron chi connectivity index (χ1n) is 9.20. The Kier molecular flexibility index (Phi) is 5.19. The zero-order valence-corrected chi connectivity index (χ0v) is 15.0. The summed E-state index contributed by atoms with van der Waals surface area (Å²) >= 11 is 0. The van der Waals surface area contributed by atoms with E-state index in [2.05, 4.69) is 15.2 Å². The SMILES string of the molecule is CC(=O)N1CCN(C2C3OCC(O3)C(NCc3ccncc3)C2O)CC1. The van der Waals surface area contributed by atoms with Gasteiger partial charge in [-0.05, 0) is 17.7 Å². The molecule has 8 nitrogen and oxygen atoms in total. The minimum absolute atomic E-state index is 0.0965. The van der Waals surface area contributed by atoms with Crippen molar-refractivity contribution in [3.05, 3.63) is 30.1 Å². The van der Waals surface area contributed by atoms with Crippen LogP contribution < -0.4 is 5.32 Å². The Labute approximate surface area is 153 Å². The van der Waals surface area contributed by atoms with Crippen LogP contribution in [0.4, 0.5) is 0 Å². The first-order valence-corrected chi connectivity index (χ1v) is 9.20. The van der Waals surface area contributed by atoms with E-state index in [1.807, 2.05) is 17.0 Å². The lowest BCUT2D eigenvalue weighted by atomic mass is 9.94. The predicted molar refractivity (Wildman–Crippen MR) is 93.1 cm³/mol. The first kappa shape index (κ1) is 17.8. The number of aliphatic hydroxyl groups excluding tert-OH is 1. The maximum Gasteiger partial charge on any atom is 0.219 e. The van der Waals surface area contributed by atoms with Gasteiger partial charge in [0.15, 0.2) is 6.29 Å². The van der Waals surface area contributed by atoms with E-state index in [1.54, 1.807) is 19.3 Å². The van der Waals surface area contributed by atoms with E-state index in [9.17, 15) is 9.90 Å². The highest BCUT2D eigenvalue weighted by Crippen LogP contribution is 2.32. The molecule has 142 valence electrons. The molecule has 26 heavy (non-hydrogen) atoms. The van der Waals surface area contributed by atoms with E-state index >= 15 is 0 Å². The van der Waals surface area contributed by atoms with Crippen molar-refractivity contribution in [2.45, 2.75) is 44.1 Å². The normalized spacial score (nSPS) is 34.8. The minimum Gasteiger partial charge on any atom is -0.390 e. The first-order chi connectivity index (χ1) is 12.6. The molecular formula is C18H26N4O4. The average molecular weight is 362 g/mol. The third-order valence-corrected chi connectivity index (χ3v) is 5.60. The molecule has 0 aliphatic carbocycles. The van der Waals surface area contributed by atoms with Gasteiger partial charge in [-0.1, -0.05) is 0 Å². The zero-order valence-electron chi connectivity index (χ0n) is 15.0. The second kappa shape index (κ2) is 7.58. The Morgan fingerprint density at radius 2 is 2.04 bits per heavy atom. The van der Waals surface area contributed by atoms with Gasteiger partial charge in [0.05, 0.1) is 24.8 Å². The van der Waals surface area contributed by atoms with E-state index in [0.29, 0.717) is 39.3 Å². The number of pyridine rings is 1. The molecule has 3 aliphatic rings. The van der Waals surface area contributed by atoms with Gasteiger partial charge in [-0.25, -0.2) is 0 Å². The van der Waals surface area contributed by atoms with Gasteiger partial charge in [-0.15, -0.1) is 0 Å². The van der Waals surface area contributed by atoms with Crippen molar-refractivity contribution < 1.29 is 19.4 Å². The highest BCUT2D eigenvalue weighted by atomic mass is 16.7. The fourth-order valence-corrected chi connectivity index (χ4v) is 4.11. The van der Waals surface area contributed by atoms with Crippen LogP contribution in [0.3, 0.4) is 0 Å². The van der Waals surface area contributed by atoms with Gasteiger partial charge in [0, 0.05) is 52.0 Å². The van der Waals surface area contributed by atoms with Crippen LogP contribution >= 0.6 is 0 Å². The second-order valence-electron chi connectivity index (χ2n) is 7.16. The molecule has 8 heteroatoms. The maximum atomic E-state index is 11.5. The summed E-state index contributed by atoms with van der Waals surface area (Å²) < 4.78 is 11.8. The molecule has 3 saturated heterocycles. The van der Waals surface area contributed by atoms with Crippen LogP contribution in [0, 0.1) is 0 Å². The topological polar surface area (TPSA) is 87.2 Å². The summed E-state index contributed by atoms with van der Waals surface area (Å²) in [7, 11) is 0. The molecule has 3 aliphatic heterocycles. The lowest BCUT2D eigenvalue weighted by Gasteiger charge is -2.46. The Balaban J connectivity index is 1.42. The molecule has 5 atom stereocenters. The third-order valence-electron chi connectivity index (χ3n) is 5.60. The number of nitrogens with zero attached hydrogens (tertiary/aromatic N) is 3. The van der Waals surface area contributed by atoms with Gasteiger partial charge in [0.1, 0.15) is 6.10 Å². The molecule has 4 rings (SSSR count). The maximum absolute atomic E-state index is 11.5. The number of piperazine rings is 1. The molecule has 1 amide bonds. The molecule has 0 radical (unpaired) electrons. The summed E-state index contributed by atoms with van der Waals surface area (Å²) in [6.45, 7) is 5.49. The lowest BCUT2D eigenvalue weighted by molar-refractivity contribution is -0.186. The average Bonchev–Trinajstić information content (AvgIpc) is 3.08. The Hall–Kier alpha value is -1.58. The predicted octanol–water partition coefficient (Wildman–Crippen LogP) is -0.811. The van der Waals surface area contributed by atoms with Crippen molar-refractivity contribution in [3.63, 3.8) is 0 Å². The number of carbonyl (C=O) groups excluding carboxylic acids is 1. The van der Waals surface area contributed by atoms with Crippen LogP contribution in [0.5, 0.6) is 0 Å². The molecule has 0 spiro atoms. The Morgan fingerprint density at radius 3 is 2.73 bits per heavy atom. The molecule has 3 fully saturated rings. The smallest absolute Gasteiger partial charge is 0.219 e. The van der Waals surface area contributed by atoms with Crippen molar-refractivity contribution in [1.29, 1.82) is 0 Å². The lowest BCUT2D eigenvalue weighted by Crippen LogP contribution is -2.66. The van der Waals surface area contributed by atoms with Gasteiger partial charge in [-0.3, -0.25) is 14.7 Å². The van der Waals surface area contributed by atoms with Crippen molar-refractivity contribution in [2.75, 3.05) is 32.8 Å². The van der Waals surface area contributed by atoms with Crippen LogP contribution in [0.1, 0.15) is 12.5 Å². The van der Waals surface area contributed by atoms with E-state index in [0.717, 1.165) is 5.56 Å². The van der Waals surface area contributed by atoms with Crippen LogP contribution in [-0.2, 0) is 20.8 Å². The van der Waals surface area contributed by atoms with Gasteiger partial charge in [0.25, 0.3) is 0 Å². The van der Waals surface area contributed by atoms with Gasteiger partial charge >= 0.3 is 0 Å². The largest absolute Gasteiger partial charge is 0.390 e. The molecule has 1 aromatic heterocycles. The van der Waals surface area contributed by atoms with Crippen molar-refractivity contribution in [2.24, 2.45) is 0 Å². The summed E-state index contributed by atoms with van der Waals surface area (Å²) in [4.78, 5) is 19.6. The zero-order chi connectivity index (χ0) is 18.1. The monoisotopic (exact) mass is 362 g/mol. The number of carbonyl (C=O) groups is 1.